The highest BCUT2D eigenvalue weighted by atomic mass is 32.2. The number of ether oxygens (including phenoxy) is 1. The van der Waals surface area contributed by atoms with E-state index in [1.54, 1.807) is 36.4 Å². The minimum Gasteiger partial charge on any atom is -0.372 e. The summed E-state index contributed by atoms with van der Waals surface area (Å²) in [6.07, 6.45) is 2.59. The lowest BCUT2D eigenvalue weighted by Gasteiger charge is -2.21. The summed E-state index contributed by atoms with van der Waals surface area (Å²) in [7, 11) is -3.79. The van der Waals surface area contributed by atoms with Gasteiger partial charge in [0.05, 0.1) is 28.6 Å². The molecule has 29 heavy (non-hydrogen) atoms. The van der Waals surface area contributed by atoms with Gasteiger partial charge >= 0.3 is 0 Å². The molecule has 3 aromatic rings. The molecule has 1 fully saturated rings. The molecule has 8 heteroatoms. The number of aromatic nitrogens is 2. The second-order valence-electron chi connectivity index (χ2n) is 6.78. The summed E-state index contributed by atoms with van der Waals surface area (Å²) in [5, 5.41) is 0. The molecule has 0 radical (unpaired) electrons. The molecule has 4 rings (SSSR count). The summed E-state index contributed by atoms with van der Waals surface area (Å²) in [5.41, 5.74) is 1.33. The normalized spacial score (nSPS) is 16.8. The van der Waals surface area contributed by atoms with E-state index in [2.05, 4.69) is 16.3 Å². The summed E-state index contributed by atoms with van der Waals surface area (Å²) in [4.78, 5) is 11.5. The van der Waals surface area contributed by atoms with Gasteiger partial charge in [0.25, 0.3) is 10.0 Å². The third-order valence-corrected chi connectivity index (χ3v) is 6.09. The second kappa shape index (κ2) is 8.18. The molecule has 1 saturated heterocycles. The van der Waals surface area contributed by atoms with Gasteiger partial charge in [-0.05, 0) is 30.7 Å². The Labute approximate surface area is 170 Å². The standard InChI is InChI=1S/C21H22N4O3S/c1-2-14-28-16-12-13-25(15-16)21-20(22-18-10-6-7-11-19(18)23-21)24-29(26,27)17-8-4-3-5-9-17/h2-11,16H,1,12-15H2,(H,22,24). The van der Waals surface area contributed by atoms with Crippen molar-refractivity contribution < 1.29 is 13.2 Å². The number of hydrogen-bond donors (Lipinski definition) is 1. The predicted molar refractivity (Wildman–Crippen MR) is 114 cm³/mol. The highest BCUT2D eigenvalue weighted by Crippen LogP contribution is 2.30. The molecule has 0 spiro atoms. The van der Waals surface area contributed by atoms with Crippen LogP contribution in [-0.4, -0.2) is 44.2 Å². The van der Waals surface area contributed by atoms with E-state index in [1.807, 2.05) is 29.2 Å². The molecule has 2 heterocycles. The average Bonchev–Trinajstić information content (AvgIpc) is 3.21. The highest BCUT2D eigenvalue weighted by Gasteiger charge is 2.28. The lowest BCUT2D eigenvalue weighted by atomic mass is 10.3. The first kappa shape index (κ1) is 19.4. The SMILES string of the molecule is C=CCOC1CCN(c2nc3ccccc3nc2NS(=O)(=O)c2ccccc2)C1. The number of rotatable bonds is 7. The van der Waals surface area contributed by atoms with Crippen LogP contribution in [0.25, 0.3) is 11.0 Å². The first-order valence-corrected chi connectivity index (χ1v) is 10.9. The van der Waals surface area contributed by atoms with Crippen LogP contribution in [0.5, 0.6) is 0 Å². The molecule has 1 atom stereocenters. The number of nitrogens with one attached hydrogen (secondary N) is 1. The van der Waals surface area contributed by atoms with Gasteiger partial charge in [0, 0.05) is 13.1 Å². The van der Waals surface area contributed by atoms with E-state index in [9.17, 15) is 8.42 Å². The number of benzene rings is 2. The predicted octanol–water partition coefficient (Wildman–Crippen LogP) is 3.21. The van der Waals surface area contributed by atoms with Crippen molar-refractivity contribution in [2.24, 2.45) is 0 Å². The van der Waals surface area contributed by atoms with Gasteiger partial charge in [-0.3, -0.25) is 4.72 Å². The zero-order chi connectivity index (χ0) is 20.3. The summed E-state index contributed by atoms with van der Waals surface area (Å²) in [5.74, 6) is 0.727. The van der Waals surface area contributed by atoms with Crippen LogP contribution >= 0.6 is 0 Å². The average molecular weight is 410 g/mol. The Morgan fingerprint density at radius 3 is 2.52 bits per heavy atom. The molecule has 0 amide bonds. The van der Waals surface area contributed by atoms with Gasteiger partial charge in [-0.25, -0.2) is 18.4 Å². The molecule has 2 aromatic carbocycles. The van der Waals surface area contributed by atoms with Crippen molar-refractivity contribution in [1.82, 2.24) is 9.97 Å². The van der Waals surface area contributed by atoms with E-state index in [0.29, 0.717) is 36.5 Å². The third-order valence-electron chi connectivity index (χ3n) is 4.73. The Hall–Kier alpha value is -2.97. The molecule has 0 saturated carbocycles. The van der Waals surface area contributed by atoms with Crippen LogP contribution in [0.1, 0.15) is 6.42 Å². The Morgan fingerprint density at radius 2 is 1.79 bits per heavy atom. The van der Waals surface area contributed by atoms with Crippen molar-refractivity contribution in [2.75, 3.05) is 29.3 Å². The van der Waals surface area contributed by atoms with Crippen molar-refractivity contribution in [1.29, 1.82) is 0 Å². The summed E-state index contributed by atoms with van der Waals surface area (Å²) in [6, 6.07) is 15.6. The summed E-state index contributed by atoms with van der Waals surface area (Å²) < 4.78 is 34.1. The van der Waals surface area contributed by atoms with E-state index in [0.717, 1.165) is 6.42 Å². The third kappa shape index (κ3) is 4.23. The van der Waals surface area contributed by atoms with E-state index < -0.39 is 10.0 Å². The minimum absolute atomic E-state index is 0.0415. The van der Waals surface area contributed by atoms with E-state index in [1.165, 1.54) is 0 Å². The van der Waals surface area contributed by atoms with Crippen LogP contribution in [0.4, 0.5) is 11.6 Å². The van der Waals surface area contributed by atoms with Gasteiger partial charge in [0.1, 0.15) is 0 Å². The molecule has 1 aliphatic heterocycles. The number of fused-ring (bicyclic) bond motifs is 1. The molecule has 1 N–H and O–H groups in total. The molecule has 0 bridgehead atoms. The van der Waals surface area contributed by atoms with Gasteiger partial charge in [-0.1, -0.05) is 36.4 Å². The summed E-state index contributed by atoms with van der Waals surface area (Å²) in [6.45, 7) is 5.48. The maximum Gasteiger partial charge on any atom is 0.263 e. The maximum atomic E-state index is 12.9. The first-order chi connectivity index (χ1) is 14.1. The number of sulfonamides is 1. The van der Waals surface area contributed by atoms with Gasteiger partial charge in [-0.15, -0.1) is 6.58 Å². The first-order valence-electron chi connectivity index (χ1n) is 9.39. The van der Waals surface area contributed by atoms with Crippen molar-refractivity contribution in [3.63, 3.8) is 0 Å². The molecule has 0 aliphatic carbocycles. The van der Waals surface area contributed by atoms with Crippen LogP contribution < -0.4 is 9.62 Å². The number of para-hydroxylation sites is 2. The van der Waals surface area contributed by atoms with Crippen molar-refractivity contribution in [3.05, 3.63) is 67.3 Å². The maximum absolute atomic E-state index is 12.9. The molecule has 7 nitrogen and oxygen atoms in total. The summed E-state index contributed by atoms with van der Waals surface area (Å²) >= 11 is 0. The van der Waals surface area contributed by atoms with Crippen molar-refractivity contribution in [2.45, 2.75) is 17.4 Å². The lowest BCUT2D eigenvalue weighted by Crippen LogP contribution is -2.26. The van der Waals surface area contributed by atoms with Crippen LogP contribution in [0, 0.1) is 0 Å². The van der Waals surface area contributed by atoms with Crippen molar-refractivity contribution >= 4 is 32.7 Å². The monoisotopic (exact) mass is 410 g/mol. The van der Waals surface area contributed by atoms with Gasteiger partial charge in [0.2, 0.25) is 0 Å². The zero-order valence-corrected chi connectivity index (χ0v) is 16.7. The molecule has 1 unspecified atom stereocenters. The Bertz CT molecular complexity index is 1120. The van der Waals surface area contributed by atoms with Gasteiger partial charge in [0.15, 0.2) is 11.6 Å². The molecule has 1 aromatic heterocycles. The number of nitrogens with zero attached hydrogens (tertiary/aromatic N) is 3. The largest absolute Gasteiger partial charge is 0.372 e. The smallest absolute Gasteiger partial charge is 0.263 e. The molecular formula is C21H22N4O3S. The van der Waals surface area contributed by atoms with Gasteiger partial charge < -0.3 is 9.64 Å². The fourth-order valence-electron chi connectivity index (χ4n) is 3.33. The minimum atomic E-state index is -3.79. The number of hydrogen-bond acceptors (Lipinski definition) is 6. The second-order valence-corrected chi connectivity index (χ2v) is 8.46. The Morgan fingerprint density at radius 1 is 1.10 bits per heavy atom. The highest BCUT2D eigenvalue weighted by molar-refractivity contribution is 7.92. The molecule has 1 aliphatic rings. The van der Waals surface area contributed by atoms with E-state index in [4.69, 9.17) is 9.72 Å². The van der Waals surface area contributed by atoms with Gasteiger partial charge in [-0.2, -0.15) is 0 Å². The lowest BCUT2D eigenvalue weighted by molar-refractivity contribution is 0.0909. The molecular weight excluding hydrogens is 388 g/mol. The van der Waals surface area contributed by atoms with Crippen LogP contribution in [0.2, 0.25) is 0 Å². The van der Waals surface area contributed by atoms with Crippen molar-refractivity contribution in [3.8, 4) is 0 Å². The quantitative estimate of drug-likeness (QED) is 0.602. The van der Waals surface area contributed by atoms with Crippen LogP contribution in [-0.2, 0) is 14.8 Å². The molecule has 150 valence electrons. The fourth-order valence-corrected chi connectivity index (χ4v) is 4.35. The van der Waals surface area contributed by atoms with E-state index in [-0.39, 0.29) is 16.8 Å². The van der Waals surface area contributed by atoms with E-state index >= 15 is 0 Å². The van der Waals surface area contributed by atoms with Crippen LogP contribution in [0.15, 0.2) is 72.1 Å². The zero-order valence-electron chi connectivity index (χ0n) is 15.9. The number of anilines is 2. The Kier molecular flexibility index (Phi) is 5.46. The topological polar surface area (TPSA) is 84.4 Å². The van der Waals surface area contributed by atoms with Crippen LogP contribution in [0.3, 0.4) is 0 Å². The fraction of sp³-hybridized carbons (Fsp3) is 0.238. The Balaban J connectivity index is 1.71.